The summed E-state index contributed by atoms with van der Waals surface area (Å²) in [5, 5.41) is 3.09. The average molecular weight is 242 g/mol. The van der Waals surface area contributed by atoms with Gasteiger partial charge in [-0.1, -0.05) is 6.92 Å². The molecule has 0 spiro atoms. The molecule has 0 saturated carbocycles. The normalized spacial score (nSPS) is 25.3. The van der Waals surface area contributed by atoms with Crippen LogP contribution in [0.1, 0.15) is 46.5 Å². The molecule has 2 unspecified atom stereocenters. The van der Waals surface area contributed by atoms with E-state index < -0.39 is 0 Å². The summed E-state index contributed by atoms with van der Waals surface area (Å²) in [6.07, 6.45) is 3.26. The van der Waals surface area contributed by atoms with Crippen molar-refractivity contribution in [1.82, 2.24) is 5.32 Å². The Kier molecular flexibility index (Phi) is 5.40. The number of rotatable bonds is 5. The van der Waals surface area contributed by atoms with Crippen molar-refractivity contribution in [1.29, 1.82) is 0 Å². The van der Waals surface area contributed by atoms with E-state index in [1.807, 2.05) is 0 Å². The van der Waals surface area contributed by atoms with E-state index in [0.717, 1.165) is 25.9 Å². The summed E-state index contributed by atoms with van der Waals surface area (Å²) < 4.78 is 5.62. The third-order valence-corrected chi connectivity index (χ3v) is 3.33. The van der Waals surface area contributed by atoms with Crippen LogP contribution in [0.5, 0.6) is 0 Å². The van der Waals surface area contributed by atoms with Gasteiger partial charge < -0.3 is 15.8 Å². The molecule has 1 fully saturated rings. The summed E-state index contributed by atoms with van der Waals surface area (Å²) in [4.78, 5) is 11.7. The van der Waals surface area contributed by atoms with E-state index in [9.17, 15) is 4.79 Å². The number of ether oxygens (including phenoxy) is 1. The maximum Gasteiger partial charge on any atom is 0.220 e. The van der Waals surface area contributed by atoms with Crippen LogP contribution in [0.4, 0.5) is 0 Å². The minimum atomic E-state index is -0.110. The minimum Gasteiger partial charge on any atom is -0.375 e. The van der Waals surface area contributed by atoms with Gasteiger partial charge in [-0.3, -0.25) is 4.79 Å². The van der Waals surface area contributed by atoms with Gasteiger partial charge in [0, 0.05) is 19.1 Å². The molecule has 0 aliphatic carbocycles. The fourth-order valence-electron chi connectivity index (χ4n) is 2.15. The Labute approximate surface area is 104 Å². The minimum absolute atomic E-state index is 0.110. The molecule has 0 aromatic heterocycles. The first kappa shape index (κ1) is 14.5. The summed E-state index contributed by atoms with van der Waals surface area (Å²) in [7, 11) is 0. The van der Waals surface area contributed by atoms with Gasteiger partial charge in [0.1, 0.15) is 0 Å². The topological polar surface area (TPSA) is 64.4 Å². The average Bonchev–Trinajstić information content (AvgIpc) is 2.24. The van der Waals surface area contributed by atoms with E-state index in [2.05, 4.69) is 26.1 Å². The molecule has 1 heterocycles. The molecule has 1 aliphatic rings. The van der Waals surface area contributed by atoms with Gasteiger partial charge in [-0.25, -0.2) is 0 Å². The van der Waals surface area contributed by atoms with Gasteiger partial charge in [0.2, 0.25) is 5.91 Å². The Morgan fingerprint density at radius 2 is 2.29 bits per heavy atom. The van der Waals surface area contributed by atoms with E-state index >= 15 is 0 Å². The number of amides is 1. The lowest BCUT2D eigenvalue weighted by Crippen LogP contribution is -2.45. The first-order valence-corrected chi connectivity index (χ1v) is 6.56. The van der Waals surface area contributed by atoms with Gasteiger partial charge in [0.15, 0.2) is 0 Å². The van der Waals surface area contributed by atoms with Gasteiger partial charge in [0.05, 0.1) is 5.60 Å². The highest BCUT2D eigenvalue weighted by atomic mass is 16.5. The zero-order chi connectivity index (χ0) is 12.9. The van der Waals surface area contributed by atoms with E-state index in [0.29, 0.717) is 18.9 Å². The van der Waals surface area contributed by atoms with Crippen molar-refractivity contribution in [2.24, 2.45) is 11.7 Å². The molecule has 17 heavy (non-hydrogen) atoms. The van der Waals surface area contributed by atoms with Crippen molar-refractivity contribution in [3.63, 3.8) is 0 Å². The lowest BCUT2D eigenvalue weighted by Gasteiger charge is -2.35. The highest BCUT2D eigenvalue weighted by molar-refractivity contribution is 5.76. The van der Waals surface area contributed by atoms with Crippen LogP contribution in [-0.2, 0) is 9.53 Å². The standard InChI is InChI=1S/C13H26N2O2/c1-10(9-14)4-5-12(16)15-11-6-7-17-13(2,3)8-11/h10-11H,4-9,14H2,1-3H3,(H,15,16). The number of nitrogens with two attached hydrogens (primary N) is 1. The summed E-state index contributed by atoms with van der Waals surface area (Å²) in [5.74, 6) is 0.569. The largest absolute Gasteiger partial charge is 0.375 e. The van der Waals surface area contributed by atoms with Crippen molar-refractivity contribution >= 4 is 5.91 Å². The Morgan fingerprint density at radius 3 is 2.88 bits per heavy atom. The zero-order valence-corrected chi connectivity index (χ0v) is 11.3. The van der Waals surface area contributed by atoms with Crippen LogP contribution in [0.2, 0.25) is 0 Å². The second-order valence-corrected chi connectivity index (χ2v) is 5.74. The van der Waals surface area contributed by atoms with Crippen LogP contribution in [-0.4, -0.2) is 30.7 Å². The lowest BCUT2D eigenvalue weighted by molar-refractivity contribution is -0.124. The van der Waals surface area contributed by atoms with Gasteiger partial charge in [-0.15, -0.1) is 0 Å². The fraction of sp³-hybridized carbons (Fsp3) is 0.923. The molecule has 0 aromatic rings. The zero-order valence-electron chi connectivity index (χ0n) is 11.3. The maximum atomic E-state index is 11.7. The predicted octanol–water partition coefficient (Wildman–Crippen LogP) is 1.44. The van der Waals surface area contributed by atoms with Crippen LogP contribution in [0.15, 0.2) is 0 Å². The second kappa shape index (κ2) is 6.36. The number of carbonyl (C=O) groups excluding carboxylic acids is 1. The third kappa shape index (κ3) is 5.50. The van der Waals surface area contributed by atoms with Crippen molar-refractivity contribution < 1.29 is 9.53 Å². The van der Waals surface area contributed by atoms with E-state index in [1.165, 1.54) is 0 Å². The van der Waals surface area contributed by atoms with Crippen LogP contribution < -0.4 is 11.1 Å². The molecule has 2 atom stereocenters. The molecule has 1 aliphatic heterocycles. The van der Waals surface area contributed by atoms with Crippen LogP contribution in [0, 0.1) is 5.92 Å². The number of hydrogen-bond donors (Lipinski definition) is 2. The Balaban J connectivity index is 2.26. The molecule has 4 heteroatoms. The van der Waals surface area contributed by atoms with Gasteiger partial charge >= 0.3 is 0 Å². The second-order valence-electron chi connectivity index (χ2n) is 5.74. The maximum absolute atomic E-state index is 11.7. The Morgan fingerprint density at radius 1 is 1.59 bits per heavy atom. The SMILES string of the molecule is CC(CN)CCC(=O)NC1CCOC(C)(C)C1. The third-order valence-electron chi connectivity index (χ3n) is 3.33. The molecule has 1 saturated heterocycles. The van der Waals surface area contributed by atoms with Gasteiger partial charge in [-0.05, 0) is 45.6 Å². The molecule has 100 valence electrons. The number of hydrogen-bond acceptors (Lipinski definition) is 3. The van der Waals surface area contributed by atoms with Gasteiger partial charge in [0.25, 0.3) is 0 Å². The molecule has 1 amide bonds. The first-order valence-electron chi connectivity index (χ1n) is 6.56. The first-order chi connectivity index (χ1) is 7.93. The van der Waals surface area contributed by atoms with E-state index in [4.69, 9.17) is 10.5 Å². The van der Waals surface area contributed by atoms with E-state index in [1.54, 1.807) is 0 Å². The molecule has 1 rings (SSSR count). The molecule has 0 radical (unpaired) electrons. The molecule has 0 bridgehead atoms. The van der Waals surface area contributed by atoms with Crippen molar-refractivity contribution in [2.75, 3.05) is 13.2 Å². The molecular formula is C13H26N2O2. The molecule has 3 N–H and O–H groups in total. The predicted molar refractivity (Wildman–Crippen MR) is 68.6 cm³/mol. The number of nitrogens with one attached hydrogen (secondary N) is 1. The fourth-order valence-corrected chi connectivity index (χ4v) is 2.15. The monoisotopic (exact) mass is 242 g/mol. The van der Waals surface area contributed by atoms with Crippen molar-refractivity contribution in [3.05, 3.63) is 0 Å². The summed E-state index contributed by atoms with van der Waals surface area (Å²) in [6, 6.07) is 0.263. The quantitative estimate of drug-likeness (QED) is 0.766. The highest BCUT2D eigenvalue weighted by Gasteiger charge is 2.29. The lowest BCUT2D eigenvalue weighted by atomic mass is 9.93. The van der Waals surface area contributed by atoms with Crippen LogP contribution in [0.25, 0.3) is 0 Å². The number of carbonyl (C=O) groups is 1. The molecule has 0 aromatic carbocycles. The smallest absolute Gasteiger partial charge is 0.220 e. The Bertz CT molecular complexity index is 254. The molecule has 4 nitrogen and oxygen atoms in total. The summed E-state index contributed by atoms with van der Waals surface area (Å²) in [6.45, 7) is 7.60. The van der Waals surface area contributed by atoms with Crippen LogP contribution >= 0.6 is 0 Å². The summed E-state index contributed by atoms with van der Waals surface area (Å²) in [5.41, 5.74) is 5.42. The van der Waals surface area contributed by atoms with Gasteiger partial charge in [-0.2, -0.15) is 0 Å². The van der Waals surface area contributed by atoms with Crippen molar-refractivity contribution in [3.8, 4) is 0 Å². The van der Waals surface area contributed by atoms with E-state index in [-0.39, 0.29) is 17.6 Å². The highest BCUT2D eigenvalue weighted by Crippen LogP contribution is 2.23. The Hall–Kier alpha value is -0.610. The summed E-state index contributed by atoms with van der Waals surface area (Å²) >= 11 is 0. The van der Waals surface area contributed by atoms with Crippen LogP contribution in [0.3, 0.4) is 0 Å². The molecular weight excluding hydrogens is 216 g/mol. The van der Waals surface area contributed by atoms with Crippen molar-refractivity contribution in [2.45, 2.75) is 58.1 Å².